The number of rotatable bonds is 5. The quantitative estimate of drug-likeness (QED) is 0.749. The standard InChI is InChI=1S/C15H16BrN3O2S2/c16-14-17-18-15(22-7-11(20)21)19(14)13-10-4-2-1-3-9(10)12(23-13)8-5-6-8/h8H,1-7H2,(H,20,21). The molecule has 2 aliphatic carbocycles. The van der Waals surface area contributed by atoms with E-state index < -0.39 is 5.97 Å². The molecule has 23 heavy (non-hydrogen) atoms. The Morgan fingerprint density at radius 1 is 1.30 bits per heavy atom. The molecule has 0 aliphatic heterocycles. The Balaban J connectivity index is 1.78. The first-order valence-corrected chi connectivity index (χ1v) is 10.3. The smallest absolute Gasteiger partial charge is 0.313 e. The normalized spacial score (nSPS) is 17.3. The van der Waals surface area contributed by atoms with Crippen molar-refractivity contribution in [2.75, 3.05) is 5.75 Å². The van der Waals surface area contributed by atoms with Gasteiger partial charge in [-0.1, -0.05) is 11.8 Å². The van der Waals surface area contributed by atoms with E-state index in [0.29, 0.717) is 9.89 Å². The highest BCUT2D eigenvalue weighted by atomic mass is 79.9. The summed E-state index contributed by atoms with van der Waals surface area (Å²) >= 11 is 6.57. The lowest BCUT2D eigenvalue weighted by atomic mass is 9.92. The van der Waals surface area contributed by atoms with Gasteiger partial charge in [0.05, 0.1) is 5.75 Å². The van der Waals surface area contributed by atoms with Crippen LogP contribution in [0.1, 0.15) is 47.6 Å². The monoisotopic (exact) mass is 413 g/mol. The van der Waals surface area contributed by atoms with Crippen LogP contribution in [0.15, 0.2) is 9.89 Å². The summed E-state index contributed by atoms with van der Waals surface area (Å²) in [6, 6.07) is 0. The number of thiophene rings is 1. The second-order valence-electron chi connectivity index (χ2n) is 5.98. The number of carboxylic acids is 1. The van der Waals surface area contributed by atoms with Crippen LogP contribution in [0.5, 0.6) is 0 Å². The maximum atomic E-state index is 10.9. The van der Waals surface area contributed by atoms with E-state index in [1.54, 1.807) is 10.4 Å². The number of fused-ring (bicyclic) bond motifs is 1. The average molecular weight is 414 g/mol. The molecular weight excluding hydrogens is 398 g/mol. The molecule has 0 spiro atoms. The number of nitrogens with zero attached hydrogens (tertiary/aromatic N) is 3. The zero-order valence-electron chi connectivity index (χ0n) is 12.4. The molecule has 0 unspecified atom stereocenters. The van der Waals surface area contributed by atoms with Gasteiger partial charge in [0.25, 0.3) is 0 Å². The van der Waals surface area contributed by atoms with Gasteiger partial charge in [-0.2, -0.15) is 0 Å². The van der Waals surface area contributed by atoms with Gasteiger partial charge in [0.15, 0.2) is 5.16 Å². The van der Waals surface area contributed by atoms with Crippen LogP contribution in [0.4, 0.5) is 0 Å². The van der Waals surface area contributed by atoms with Crippen LogP contribution in [0.2, 0.25) is 0 Å². The summed E-state index contributed by atoms with van der Waals surface area (Å²) in [7, 11) is 0. The van der Waals surface area contributed by atoms with Gasteiger partial charge in [0.2, 0.25) is 4.73 Å². The fraction of sp³-hybridized carbons (Fsp3) is 0.533. The highest BCUT2D eigenvalue weighted by molar-refractivity contribution is 9.10. The summed E-state index contributed by atoms with van der Waals surface area (Å²) in [6.07, 6.45) is 7.37. The van der Waals surface area contributed by atoms with E-state index >= 15 is 0 Å². The van der Waals surface area contributed by atoms with Crippen molar-refractivity contribution in [1.29, 1.82) is 0 Å². The largest absolute Gasteiger partial charge is 0.481 e. The minimum atomic E-state index is -0.840. The van der Waals surface area contributed by atoms with E-state index in [4.69, 9.17) is 5.11 Å². The minimum absolute atomic E-state index is 0.00577. The van der Waals surface area contributed by atoms with E-state index in [2.05, 4.69) is 26.1 Å². The summed E-state index contributed by atoms with van der Waals surface area (Å²) in [5, 5.41) is 19.0. The molecule has 2 aromatic rings. The second-order valence-corrected chi connectivity index (χ2v) is 8.66. The van der Waals surface area contributed by atoms with Gasteiger partial charge in [-0.3, -0.25) is 9.36 Å². The molecule has 0 aromatic carbocycles. The third-order valence-corrected chi connectivity index (χ3v) is 7.15. The summed E-state index contributed by atoms with van der Waals surface area (Å²) in [5.41, 5.74) is 2.98. The van der Waals surface area contributed by atoms with Crippen LogP contribution in [-0.4, -0.2) is 31.6 Å². The SMILES string of the molecule is O=C(O)CSc1nnc(Br)n1-c1sc(C2CC2)c2c1CCCC2. The molecule has 2 aromatic heterocycles. The predicted octanol–water partition coefficient (Wildman–Crippen LogP) is 4.02. The van der Waals surface area contributed by atoms with Gasteiger partial charge in [0, 0.05) is 4.88 Å². The van der Waals surface area contributed by atoms with Crippen molar-refractivity contribution in [3.63, 3.8) is 0 Å². The molecule has 1 fully saturated rings. The second kappa shape index (κ2) is 6.22. The number of thioether (sulfide) groups is 1. The molecule has 0 radical (unpaired) electrons. The number of hydrogen-bond donors (Lipinski definition) is 1. The first-order chi connectivity index (χ1) is 11.1. The van der Waals surface area contributed by atoms with Crippen molar-refractivity contribution in [1.82, 2.24) is 14.8 Å². The Morgan fingerprint density at radius 3 is 2.74 bits per heavy atom. The van der Waals surface area contributed by atoms with Crippen LogP contribution in [-0.2, 0) is 17.6 Å². The molecule has 8 heteroatoms. The Bertz CT molecular complexity index is 767. The molecular formula is C15H16BrN3O2S2. The van der Waals surface area contributed by atoms with E-state index in [0.717, 1.165) is 12.3 Å². The number of hydrogen-bond acceptors (Lipinski definition) is 5. The van der Waals surface area contributed by atoms with E-state index in [9.17, 15) is 4.79 Å². The highest BCUT2D eigenvalue weighted by Gasteiger charge is 2.33. The first-order valence-electron chi connectivity index (χ1n) is 7.75. The van der Waals surface area contributed by atoms with Gasteiger partial charge in [0.1, 0.15) is 5.00 Å². The zero-order chi connectivity index (χ0) is 16.0. The van der Waals surface area contributed by atoms with Crippen molar-refractivity contribution in [2.24, 2.45) is 0 Å². The highest BCUT2D eigenvalue weighted by Crippen LogP contribution is 2.50. The Kier molecular flexibility index (Phi) is 4.23. The molecule has 0 bridgehead atoms. The fourth-order valence-electron chi connectivity index (χ4n) is 3.14. The number of carbonyl (C=O) groups is 1. The molecule has 5 nitrogen and oxygen atoms in total. The van der Waals surface area contributed by atoms with Gasteiger partial charge >= 0.3 is 5.97 Å². The van der Waals surface area contributed by atoms with Crippen LogP contribution < -0.4 is 0 Å². The molecule has 122 valence electrons. The Morgan fingerprint density at radius 2 is 2.04 bits per heavy atom. The Hall–Kier alpha value is -0.860. The van der Waals surface area contributed by atoms with Crippen LogP contribution in [0.3, 0.4) is 0 Å². The van der Waals surface area contributed by atoms with Crippen molar-refractivity contribution < 1.29 is 9.90 Å². The summed E-state index contributed by atoms with van der Waals surface area (Å²) in [6.45, 7) is 0. The number of aliphatic carboxylic acids is 1. The minimum Gasteiger partial charge on any atom is -0.481 e. The molecule has 0 amide bonds. The first kappa shape index (κ1) is 15.7. The van der Waals surface area contributed by atoms with Crippen molar-refractivity contribution >= 4 is 45.0 Å². The molecule has 2 aliphatic rings. The van der Waals surface area contributed by atoms with Crippen LogP contribution >= 0.6 is 39.0 Å². The van der Waals surface area contributed by atoms with E-state index in [1.807, 2.05) is 15.9 Å². The zero-order valence-corrected chi connectivity index (χ0v) is 15.6. The van der Waals surface area contributed by atoms with E-state index in [1.165, 1.54) is 54.4 Å². The lowest BCUT2D eigenvalue weighted by Gasteiger charge is -2.15. The van der Waals surface area contributed by atoms with Gasteiger partial charge in [-0.05, 0) is 71.5 Å². The molecule has 4 rings (SSSR count). The molecule has 0 saturated heterocycles. The van der Waals surface area contributed by atoms with Crippen molar-refractivity contribution in [3.05, 3.63) is 20.7 Å². The lowest BCUT2D eigenvalue weighted by molar-refractivity contribution is -0.133. The summed E-state index contributed by atoms with van der Waals surface area (Å²) in [5.74, 6) is -0.104. The summed E-state index contributed by atoms with van der Waals surface area (Å²) < 4.78 is 2.65. The van der Waals surface area contributed by atoms with Gasteiger partial charge in [-0.25, -0.2) is 0 Å². The third kappa shape index (κ3) is 2.96. The number of aromatic nitrogens is 3. The number of halogens is 1. The Labute approximate surface area is 150 Å². The average Bonchev–Trinajstić information content (AvgIpc) is 3.22. The van der Waals surface area contributed by atoms with Crippen molar-refractivity contribution in [2.45, 2.75) is 49.6 Å². The van der Waals surface area contributed by atoms with E-state index in [-0.39, 0.29) is 5.75 Å². The molecule has 1 N–H and O–H groups in total. The molecule has 2 heterocycles. The predicted molar refractivity (Wildman–Crippen MR) is 93.9 cm³/mol. The fourth-order valence-corrected chi connectivity index (χ4v) is 6.09. The maximum absolute atomic E-state index is 10.9. The topological polar surface area (TPSA) is 68.0 Å². The van der Waals surface area contributed by atoms with Crippen molar-refractivity contribution in [3.8, 4) is 5.00 Å². The third-order valence-electron chi connectivity index (χ3n) is 4.30. The molecule has 1 saturated carbocycles. The lowest BCUT2D eigenvalue weighted by Crippen LogP contribution is -2.06. The van der Waals surface area contributed by atoms with Crippen LogP contribution in [0.25, 0.3) is 5.00 Å². The van der Waals surface area contributed by atoms with Gasteiger partial charge in [-0.15, -0.1) is 21.5 Å². The molecule has 0 atom stereocenters. The maximum Gasteiger partial charge on any atom is 0.313 e. The number of carboxylic acid groups (broad SMARTS) is 1. The summed E-state index contributed by atoms with van der Waals surface area (Å²) in [4.78, 5) is 12.4. The van der Waals surface area contributed by atoms with Gasteiger partial charge < -0.3 is 5.11 Å². The van der Waals surface area contributed by atoms with Crippen LogP contribution in [0, 0.1) is 0 Å².